The third-order valence-corrected chi connectivity index (χ3v) is 6.12. The van der Waals surface area contributed by atoms with Crippen LogP contribution in [0, 0.1) is 5.82 Å². The summed E-state index contributed by atoms with van der Waals surface area (Å²) in [7, 11) is 1.26. The van der Waals surface area contributed by atoms with Crippen molar-refractivity contribution in [2.45, 2.75) is 6.54 Å². The van der Waals surface area contributed by atoms with Gasteiger partial charge in [0.15, 0.2) is 0 Å². The van der Waals surface area contributed by atoms with Crippen LogP contribution < -0.4 is 10.9 Å². The van der Waals surface area contributed by atoms with E-state index < -0.39 is 11.9 Å². The summed E-state index contributed by atoms with van der Waals surface area (Å²) in [6.07, 6.45) is 1.31. The van der Waals surface area contributed by atoms with Gasteiger partial charge in [-0.15, -0.1) is 22.7 Å². The van der Waals surface area contributed by atoms with Crippen LogP contribution >= 0.6 is 22.7 Å². The number of hydrogen-bond donors (Lipinski definition) is 1. The molecule has 3 heterocycles. The molecule has 1 aromatic carbocycles. The highest BCUT2D eigenvalue weighted by Gasteiger charge is 2.18. The van der Waals surface area contributed by atoms with Crippen molar-refractivity contribution in [2.75, 3.05) is 12.4 Å². The lowest BCUT2D eigenvalue weighted by atomic mass is 10.1. The average molecular weight is 443 g/mol. The number of nitrogens with one attached hydrogen (secondary N) is 1. The zero-order chi connectivity index (χ0) is 21.3. The first kappa shape index (κ1) is 19.9. The molecule has 3 aromatic heterocycles. The quantitative estimate of drug-likeness (QED) is 0.475. The highest BCUT2D eigenvalue weighted by Crippen LogP contribution is 2.30. The van der Waals surface area contributed by atoms with Gasteiger partial charge in [0, 0.05) is 10.9 Å². The number of ether oxygens (including phenoxy) is 1. The molecule has 0 unspecified atom stereocenters. The standard InChI is InChI=1S/C20H14FN3O4S2/c1-28-20(27)17-14(6-7-29-17)23-15(25)8-24-10-22-18-16(19(24)26)13(9-30-18)11-2-4-12(21)5-3-11/h2-7,9-10H,8H2,1H3,(H,23,25). The number of rotatable bonds is 5. The molecule has 0 saturated carbocycles. The Hall–Kier alpha value is -3.37. The Morgan fingerprint density at radius 3 is 2.70 bits per heavy atom. The largest absolute Gasteiger partial charge is 0.465 e. The van der Waals surface area contributed by atoms with Crippen LogP contribution in [0.15, 0.2) is 52.2 Å². The Bertz CT molecular complexity index is 1310. The molecule has 0 radical (unpaired) electrons. The topological polar surface area (TPSA) is 90.3 Å². The third-order valence-electron chi connectivity index (χ3n) is 4.34. The van der Waals surface area contributed by atoms with Crippen molar-refractivity contribution in [1.29, 1.82) is 0 Å². The van der Waals surface area contributed by atoms with E-state index in [2.05, 4.69) is 15.0 Å². The maximum absolute atomic E-state index is 13.2. The Morgan fingerprint density at radius 1 is 1.20 bits per heavy atom. The van der Waals surface area contributed by atoms with Gasteiger partial charge in [-0.25, -0.2) is 14.2 Å². The first-order valence-electron chi connectivity index (χ1n) is 8.66. The van der Waals surface area contributed by atoms with Gasteiger partial charge in [-0.05, 0) is 29.1 Å². The van der Waals surface area contributed by atoms with Crippen molar-refractivity contribution < 1.29 is 18.7 Å². The number of hydrogen-bond acceptors (Lipinski definition) is 7. The maximum atomic E-state index is 13.2. The monoisotopic (exact) mass is 443 g/mol. The maximum Gasteiger partial charge on any atom is 0.350 e. The molecule has 4 rings (SSSR count). The van der Waals surface area contributed by atoms with E-state index in [-0.39, 0.29) is 22.8 Å². The van der Waals surface area contributed by atoms with Gasteiger partial charge in [0.1, 0.15) is 22.1 Å². The molecule has 152 valence electrons. The number of esters is 1. The van der Waals surface area contributed by atoms with Crippen LogP contribution in [0.3, 0.4) is 0 Å². The minimum atomic E-state index is -0.553. The lowest BCUT2D eigenvalue weighted by Gasteiger charge is -2.08. The summed E-state index contributed by atoms with van der Waals surface area (Å²) in [5.74, 6) is -1.41. The minimum Gasteiger partial charge on any atom is -0.465 e. The number of methoxy groups -OCH3 is 1. The average Bonchev–Trinajstić information content (AvgIpc) is 3.37. The van der Waals surface area contributed by atoms with E-state index in [1.807, 2.05) is 0 Å². The molecule has 0 fully saturated rings. The Labute approximate surface area is 177 Å². The van der Waals surface area contributed by atoms with Gasteiger partial charge in [0.25, 0.3) is 5.56 Å². The summed E-state index contributed by atoms with van der Waals surface area (Å²) in [5.41, 5.74) is 1.26. The summed E-state index contributed by atoms with van der Waals surface area (Å²) in [6, 6.07) is 7.41. The molecule has 1 amide bonds. The van der Waals surface area contributed by atoms with E-state index >= 15 is 0 Å². The number of halogens is 1. The molecule has 0 aliphatic rings. The fraction of sp³-hybridized carbons (Fsp3) is 0.100. The summed E-state index contributed by atoms with van der Waals surface area (Å²) in [4.78, 5) is 42.3. The lowest BCUT2D eigenvalue weighted by Crippen LogP contribution is -2.28. The predicted molar refractivity (Wildman–Crippen MR) is 114 cm³/mol. The molecule has 30 heavy (non-hydrogen) atoms. The van der Waals surface area contributed by atoms with Crippen LogP contribution in [0.4, 0.5) is 10.1 Å². The van der Waals surface area contributed by atoms with Gasteiger partial charge in [0.2, 0.25) is 5.91 Å². The van der Waals surface area contributed by atoms with Gasteiger partial charge in [-0.3, -0.25) is 14.2 Å². The third kappa shape index (κ3) is 3.74. The zero-order valence-corrected chi connectivity index (χ0v) is 17.2. The van der Waals surface area contributed by atoms with Crippen LogP contribution in [0.2, 0.25) is 0 Å². The van der Waals surface area contributed by atoms with Crippen molar-refractivity contribution in [2.24, 2.45) is 0 Å². The molecule has 1 N–H and O–H groups in total. The van der Waals surface area contributed by atoms with Crippen LogP contribution in [-0.2, 0) is 16.1 Å². The molecule has 10 heteroatoms. The SMILES string of the molecule is COC(=O)c1sccc1NC(=O)Cn1cnc2scc(-c3ccc(F)cc3)c2c1=O. The van der Waals surface area contributed by atoms with Gasteiger partial charge < -0.3 is 10.1 Å². The number of carbonyl (C=O) groups is 2. The molecule has 0 aliphatic carbocycles. The Morgan fingerprint density at radius 2 is 1.97 bits per heavy atom. The van der Waals surface area contributed by atoms with Crippen LogP contribution in [0.1, 0.15) is 9.67 Å². The molecule has 0 saturated heterocycles. The second-order valence-corrected chi connectivity index (χ2v) is 7.99. The summed E-state index contributed by atoms with van der Waals surface area (Å²) in [5, 5.41) is 6.43. The van der Waals surface area contributed by atoms with E-state index in [0.29, 0.717) is 27.0 Å². The van der Waals surface area contributed by atoms with Crippen molar-refractivity contribution >= 4 is 50.5 Å². The van der Waals surface area contributed by atoms with Crippen molar-refractivity contribution in [1.82, 2.24) is 9.55 Å². The molecular weight excluding hydrogens is 429 g/mol. The zero-order valence-electron chi connectivity index (χ0n) is 15.5. The fourth-order valence-electron chi connectivity index (χ4n) is 2.93. The predicted octanol–water partition coefficient (Wildman–Crippen LogP) is 3.75. The van der Waals surface area contributed by atoms with Crippen molar-refractivity contribution in [3.05, 3.63) is 68.5 Å². The van der Waals surface area contributed by atoms with Crippen LogP contribution in [0.25, 0.3) is 21.3 Å². The molecular formula is C20H14FN3O4S2. The van der Waals surface area contributed by atoms with Crippen LogP contribution in [0.5, 0.6) is 0 Å². The molecule has 4 aromatic rings. The van der Waals surface area contributed by atoms with Gasteiger partial charge in [-0.1, -0.05) is 12.1 Å². The number of thiophene rings is 2. The number of benzene rings is 1. The molecule has 7 nitrogen and oxygen atoms in total. The van der Waals surface area contributed by atoms with E-state index in [9.17, 15) is 18.8 Å². The van der Waals surface area contributed by atoms with Gasteiger partial charge in [-0.2, -0.15) is 0 Å². The second-order valence-electron chi connectivity index (χ2n) is 6.22. The van der Waals surface area contributed by atoms with E-state index in [1.165, 1.54) is 41.5 Å². The van der Waals surface area contributed by atoms with E-state index in [4.69, 9.17) is 0 Å². The smallest absolute Gasteiger partial charge is 0.350 e. The van der Waals surface area contributed by atoms with Gasteiger partial charge >= 0.3 is 5.97 Å². The van der Waals surface area contributed by atoms with Crippen molar-refractivity contribution in [3.8, 4) is 11.1 Å². The summed E-state index contributed by atoms with van der Waals surface area (Å²) >= 11 is 2.44. The number of carbonyl (C=O) groups excluding carboxylic acids is 2. The molecule has 0 aliphatic heterocycles. The number of nitrogens with zero attached hydrogens (tertiary/aromatic N) is 2. The van der Waals surface area contributed by atoms with E-state index in [0.717, 1.165) is 11.3 Å². The second kappa shape index (κ2) is 8.17. The Kier molecular flexibility index (Phi) is 5.42. The fourth-order valence-corrected chi connectivity index (χ4v) is 4.60. The minimum absolute atomic E-state index is 0.267. The number of aromatic nitrogens is 2. The molecule has 0 atom stereocenters. The first-order valence-corrected chi connectivity index (χ1v) is 10.4. The summed E-state index contributed by atoms with van der Waals surface area (Å²) < 4.78 is 19.1. The Balaban J connectivity index is 1.63. The highest BCUT2D eigenvalue weighted by molar-refractivity contribution is 7.17. The number of amides is 1. The van der Waals surface area contributed by atoms with Gasteiger partial charge in [0.05, 0.1) is 24.5 Å². The van der Waals surface area contributed by atoms with Crippen molar-refractivity contribution in [3.63, 3.8) is 0 Å². The normalized spacial score (nSPS) is 10.9. The summed E-state index contributed by atoms with van der Waals surface area (Å²) in [6.45, 7) is -0.281. The molecule has 0 spiro atoms. The first-order chi connectivity index (χ1) is 14.5. The number of fused-ring (bicyclic) bond motifs is 1. The lowest BCUT2D eigenvalue weighted by molar-refractivity contribution is -0.116. The number of anilines is 1. The van der Waals surface area contributed by atoms with Crippen LogP contribution in [-0.4, -0.2) is 28.5 Å². The highest BCUT2D eigenvalue weighted by atomic mass is 32.1. The van der Waals surface area contributed by atoms with E-state index in [1.54, 1.807) is 29.0 Å². The molecule has 0 bridgehead atoms.